The Bertz CT molecular complexity index is 756. The fourth-order valence-corrected chi connectivity index (χ4v) is 3.93. The summed E-state index contributed by atoms with van der Waals surface area (Å²) in [5.74, 6) is 0.661. The lowest BCUT2D eigenvalue weighted by atomic mass is 10.1. The summed E-state index contributed by atoms with van der Waals surface area (Å²) in [4.78, 5) is 18.8. The summed E-state index contributed by atoms with van der Waals surface area (Å²) in [6.07, 6.45) is 1.16. The lowest BCUT2D eigenvalue weighted by molar-refractivity contribution is -0.116. The first-order valence-corrected chi connectivity index (χ1v) is 9.51. The van der Waals surface area contributed by atoms with Crippen molar-refractivity contribution in [2.24, 2.45) is 0 Å². The fraction of sp³-hybridized carbons (Fsp3) is 0.556. The first-order chi connectivity index (χ1) is 12.6. The third kappa shape index (κ3) is 4.50. The maximum absolute atomic E-state index is 12.2. The second-order valence-electron chi connectivity index (χ2n) is 6.44. The molecule has 142 valence electrons. The van der Waals surface area contributed by atoms with Crippen LogP contribution in [0, 0.1) is 0 Å². The minimum atomic E-state index is -0.124. The number of fused-ring (bicyclic) bond motifs is 1. The van der Waals surface area contributed by atoms with Gasteiger partial charge in [-0.05, 0) is 33.1 Å². The number of amides is 1. The van der Waals surface area contributed by atoms with Crippen LogP contribution in [0.5, 0.6) is 5.75 Å². The summed E-state index contributed by atoms with van der Waals surface area (Å²) in [7, 11) is 5.61. The largest absolute Gasteiger partial charge is 0.494 e. The number of hydrogen-bond acceptors (Lipinski definition) is 7. The summed E-state index contributed by atoms with van der Waals surface area (Å²) in [5, 5.41) is 3.49. The summed E-state index contributed by atoms with van der Waals surface area (Å²) in [6, 6.07) is 3.87. The molecule has 1 unspecified atom stereocenters. The van der Waals surface area contributed by atoms with Gasteiger partial charge >= 0.3 is 0 Å². The van der Waals surface area contributed by atoms with Crippen LogP contribution in [0.1, 0.15) is 24.5 Å². The van der Waals surface area contributed by atoms with Crippen molar-refractivity contribution in [3.8, 4) is 5.75 Å². The number of rotatable bonds is 7. The monoisotopic (exact) mass is 379 g/mol. The van der Waals surface area contributed by atoms with Crippen LogP contribution in [0.15, 0.2) is 12.1 Å². The quantitative estimate of drug-likeness (QED) is 0.797. The molecular weight excluding hydrogens is 354 g/mol. The first kappa shape index (κ1) is 19.0. The van der Waals surface area contributed by atoms with E-state index in [0.29, 0.717) is 37.1 Å². The van der Waals surface area contributed by atoms with Crippen molar-refractivity contribution in [3.63, 3.8) is 0 Å². The number of carbonyl (C=O) groups excluding carboxylic acids is 1. The number of methoxy groups -OCH3 is 1. The van der Waals surface area contributed by atoms with E-state index in [-0.39, 0.29) is 12.0 Å². The van der Waals surface area contributed by atoms with Gasteiger partial charge in [-0.3, -0.25) is 4.79 Å². The molecule has 1 aliphatic rings. The van der Waals surface area contributed by atoms with Crippen molar-refractivity contribution in [1.82, 2.24) is 9.88 Å². The Morgan fingerprint density at radius 3 is 2.96 bits per heavy atom. The Labute approximate surface area is 157 Å². The number of benzene rings is 1. The van der Waals surface area contributed by atoms with Gasteiger partial charge in [0.1, 0.15) is 17.4 Å². The van der Waals surface area contributed by atoms with Gasteiger partial charge in [-0.2, -0.15) is 0 Å². The Kier molecular flexibility index (Phi) is 6.42. The molecule has 3 rings (SSSR count). The maximum atomic E-state index is 12.2. The molecule has 1 fully saturated rings. The zero-order valence-corrected chi connectivity index (χ0v) is 16.2. The van der Waals surface area contributed by atoms with Gasteiger partial charge in [0.2, 0.25) is 5.91 Å². The highest BCUT2D eigenvalue weighted by atomic mass is 32.1. The molecule has 1 atom stereocenters. The molecule has 0 bridgehead atoms. The molecule has 1 aromatic heterocycles. The van der Waals surface area contributed by atoms with Crippen molar-refractivity contribution >= 4 is 32.6 Å². The molecule has 2 aromatic rings. The summed E-state index contributed by atoms with van der Waals surface area (Å²) >= 11 is 1.45. The number of nitrogens with zero attached hydrogens (tertiary/aromatic N) is 2. The van der Waals surface area contributed by atoms with Crippen molar-refractivity contribution in [2.45, 2.75) is 18.9 Å². The summed E-state index contributed by atoms with van der Waals surface area (Å²) in [6.45, 7) is 2.59. The third-order valence-corrected chi connectivity index (χ3v) is 5.20. The molecule has 1 aliphatic heterocycles. The number of anilines is 1. The molecule has 1 N–H and O–H groups in total. The minimum Gasteiger partial charge on any atom is -0.494 e. The predicted octanol–water partition coefficient (Wildman–Crippen LogP) is 2.67. The molecule has 1 amide bonds. The van der Waals surface area contributed by atoms with Crippen LogP contribution in [0.4, 0.5) is 5.13 Å². The first-order valence-electron chi connectivity index (χ1n) is 8.70. The van der Waals surface area contributed by atoms with Crippen LogP contribution in [0.3, 0.4) is 0 Å². The highest BCUT2D eigenvalue weighted by Crippen LogP contribution is 2.39. The lowest BCUT2D eigenvalue weighted by Crippen LogP contribution is -2.21. The number of aromatic nitrogens is 1. The van der Waals surface area contributed by atoms with Crippen molar-refractivity contribution < 1.29 is 19.0 Å². The van der Waals surface area contributed by atoms with Gasteiger partial charge in [-0.15, -0.1) is 0 Å². The molecule has 26 heavy (non-hydrogen) atoms. The molecule has 1 saturated heterocycles. The van der Waals surface area contributed by atoms with Gasteiger partial charge in [-0.1, -0.05) is 17.4 Å². The fourth-order valence-electron chi connectivity index (χ4n) is 2.88. The van der Waals surface area contributed by atoms with Gasteiger partial charge < -0.3 is 24.4 Å². The average molecular weight is 379 g/mol. The maximum Gasteiger partial charge on any atom is 0.226 e. The van der Waals surface area contributed by atoms with Gasteiger partial charge in [0.15, 0.2) is 5.13 Å². The highest BCUT2D eigenvalue weighted by Gasteiger charge is 2.23. The van der Waals surface area contributed by atoms with Crippen molar-refractivity contribution in [1.29, 1.82) is 0 Å². The lowest BCUT2D eigenvalue weighted by Gasteiger charge is -2.23. The molecule has 0 radical (unpaired) electrons. The number of ether oxygens (including phenoxy) is 3. The average Bonchev–Trinajstić information content (AvgIpc) is 3.04. The van der Waals surface area contributed by atoms with E-state index in [1.807, 2.05) is 26.2 Å². The number of carbonyl (C=O) groups is 1. The SMILES string of the molecule is COc1ccc(C2COCCO2)c2sc(NC(=O)CCCN(C)C)nc12. The molecule has 7 nitrogen and oxygen atoms in total. The summed E-state index contributed by atoms with van der Waals surface area (Å²) in [5.41, 5.74) is 1.76. The van der Waals surface area contributed by atoms with E-state index in [0.717, 1.165) is 28.7 Å². The van der Waals surface area contributed by atoms with Crippen LogP contribution in [-0.2, 0) is 14.3 Å². The van der Waals surface area contributed by atoms with E-state index in [2.05, 4.69) is 15.2 Å². The Morgan fingerprint density at radius 2 is 2.27 bits per heavy atom. The van der Waals surface area contributed by atoms with E-state index in [1.165, 1.54) is 11.3 Å². The number of nitrogens with one attached hydrogen (secondary N) is 1. The van der Waals surface area contributed by atoms with Crippen LogP contribution >= 0.6 is 11.3 Å². The Balaban J connectivity index is 1.80. The van der Waals surface area contributed by atoms with E-state index in [9.17, 15) is 4.79 Å². The molecule has 0 aliphatic carbocycles. The van der Waals surface area contributed by atoms with Gasteiger partial charge in [0.25, 0.3) is 0 Å². The highest BCUT2D eigenvalue weighted by molar-refractivity contribution is 7.22. The van der Waals surface area contributed by atoms with Gasteiger partial charge in [0, 0.05) is 12.0 Å². The van der Waals surface area contributed by atoms with Gasteiger partial charge in [-0.25, -0.2) is 4.98 Å². The van der Waals surface area contributed by atoms with Crippen LogP contribution in [0.25, 0.3) is 10.2 Å². The predicted molar refractivity (Wildman–Crippen MR) is 102 cm³/mol. The van der Waals surface area contributed by atoms with Crippen molar-refractivity contribution in [2.75, 3.05) is 52.9 Å². The van der Waals surface area contributed by atoms with Crippen molar-refractivity contribution in [3.05, 3.63) is 17.7 Å². The van der Waals surface area contributed by atoms with E-state index >= 15 is 0 Å². The second kappa shape index (κ2) is 8.77. The summed E-state index contributed by atoms with van der Waals surface area (Å²) < 4.78 is 17.8. The Hall–Kier alpha value is -1.74. The molecule has 1 aromatic carbocycles. The topological polar surface area (TPSA) is 72.9 Å². The number of thiazole rings is 1. The molecule has 8 heteroatoms. The normalized spacial score (nSPS) is 17.6. The standard InChI is InChI=1S/C18H25N3O4S/c1-21(2)8-4-5-15(22)19-18-20-16-13(23-3)7-6-12(17(16)26-18)14-11-24-9-10-25-14/h6-7,14H,4-5,8-11H2,1-3H3,(H,19,20,22). The van der Waals surface area contributed by atoms with Gasteiger partial charge in [0.05, 0.1) is 31.6 Å². The number of hydrogen-bond donors (Lipinski definition) is 1. The third-order valence-electron chi connectivity index (χ3n) is 4.18. The Morgan fingerprint density at radius 1 is 1.42 bits per heavy atom. The minimum absolute atomic E-state index is 0.0244. The van der Waals surface area contributed by atoms with E-state index in [1.54, 1.807) is 7.11 Å². The van der Waals surface area contributed by atoms with Crippen LogP contribution in [-0.4, -0.2) is 63.4 Å². The second-order valence-corrected chi connectivity index (χ2v) is 7.44. The zero-order chi connectivity index (χ0) is 18.5. The van der Waals surface area contributed by atoms with Crippen LogP contribution < -0.4 is 10.1 Å². The molecule has 0 saturated carbocycles. The smallest absolute Gasteiger partial charge is 0.226 e. The van der Waals surface area contributed by atoms with Crippen LogP contribution in [0.2, 0.25) is 0 Å². The molecule has 2 heterocycles. The van der Waals surface area contributed by atoms with E-state index in [4.69, 9.17) is 14.2 Å². The zero-order valence-electron chi connectivity index (χ0n) is 15.4. The molecular formula is C18H25N3O4S. The molecule has 0 spiro atoms. The van der Waals surface area contributed by atoms with E-state index < -0.39 is 0 Å².